The number of carbonyl (C=O) groups excluding carboxylic acids is 1. The zero-order valence-electron chi connectivity index (χ0n) is 17.9. The van der Waals surface area contributed by atoms with Crippen LogP contribution in [0.15, 0.2) is 59.8 Å². The smallest absolute Gasteiger partial charge is 0.240 e. The molecule has 0 aliphatic heterocycles. The Bertz CT molecular complexity index is 970. The van der Waals surface area contributed by atoms with E-state index < -0.39 is 0 Å². The van der Waals surface area contributed by atoms with Crippen molar-refractivity contribution in [3.8, 4) is 17.1 Å². The molecule has 3 aromatic rings. The van der Waals surface area contributed by atoms with Crippen molar-refractivity contribution in [2.75, 3.05) is 20.2 Å². The first-order chi connectivity index (χ1) is 14.6. The van der Waals surface area contributed by atoms with E-state index in [1.54, 1.807) is 7.11 Å². The van der Waals surface area contributed by atoms with Crippen molar-refractivity contribution in [2.24, 2.45) is 0 Å². The maximum atomic E-state index is 13.3. The lowest BCUT2D eigenvalue weighted by Crippen LogP contribution is -2.34. The minimum absolute atomic E-state index is 0.0840. The summed E-state index contributed by atoms with van der Waals surface area (Å²) in [7, 11) is 1.65. The van der Waals surface area contributed by atoms with Crippen LogP contribution in [-0.2, 0) is 11.3 Å². The van der Waals surface area contributed by atoms with Crippen LogP contribution in [0.25, 0.3) is 11.4 Å². The lowest BCUT2D eigenvalue weighted by molar-refractivity contribution is -0.130. The van der Waals surface area contributed by atoms with E-state index in [4.69, 9.17) is 4.74 Å². The summed E-state index contributed by atoms with van der Waals surface area (Å²) in [6, 6.07) is 17.6. The van der Waals surface area contributed by atoms with Gasteiger partial charge < -0.3 is 14.2 Å². The molecule has 0 N–H and O–H groups in total. The van der Waals surface area contributed by atoms with Crippen molar-refractivity contribution >= 4 is 17.7 Å². The first-order valence-corrected chi connectivity index (χ1v) is 11.1. The first-order valence-electron chi connectivity index (χ1n) is 10.2. The van der Waals surface area contributed by atoms with Crippen LogP contribution >= 0.6 is 11.8 Å². The second kappa shape index (κ2) is 10.3. The summed E-state index contributed by atoms with van der Waals surface area (Å²) in [5, 5.41) is 9.22. The van der Waals surface area contributed by atoms with E-state index in [0.29, 0.717) is 24.8 Å². The van der Waals surface area contributed by atoms with Crippen molar-refractivity contribution in [1.82, 2.24) is 19.7 Å². The highest BCUT2D eigenvalue weighted by atomic mass is 32.2. The Morgan fingerprint density at radius 3 is 2.33 bits per heavy atom. The summed E-state index contributed by atoms with van der Waals surface area (Å²) in [5.74, 6) is 1.57. The molecule has 0 bridgehead atoms. The van der Waals surface area contributed by atoms with Crippen LogP contribution in [0.3, 0.4) is 0 Å². The van der Waals surface area contributed by atoms with Crippen LogP contribution in [-0.4, -0.2) is 45.8 Å². The molecular formula is C23H28N4O2S. The number of benzene rings is 2. The Hall–Kier alpha value is -2.80. The van der Waals surface area contributed by atoms with E-state index in [2.05, 4.69) is 17.1 Å². The zero-order valence-corrected chi connectivity index (χ0v) is 18.7. The van der Waals surface area contributed by atoms with Crippen LogP contribution in [0.1, 0.15) is 31.6 Å². The van der Waals surface area contributed by atoms with Gasteiger partial charge in [-0.3, -0.25) is 4.79 Å². The number of likely N-dealkylation sites (N-methyl/N-ethyl adjacent to an activating group) is 1. The summed E-state index contributed by atoms with van der Waals surface area (Å²) in [6.45, 7) is 8.09. The van der Waals surface area contributed by atoms with Gasteiger partial charge in [0.2, 0.25) is 5.91 Å². The Morgan fingerprint density at radius 1 is 1.03 bits per heavy atom. The molecular weight excluding hydrogens is 396 g/mol. The second-order valence-electron chi connectivity index (χ2n) is 6.67. The van der Waals surface area contributed by atoms with Crippen molar-refractivity contribution in [2.45, 2.75) is 37.7 Å². The molecule has 1 heterocycles. The summed E-state index contributed by atoms with van der Waals surface area (Å²) in [4.78, 5) is 15.2. The standard InChI is InChI=1S/C23H28N4O2S/c1-5-26(6-2)22(28)20(17-13-9-8-10-14-17)30-23-25-24-21(27(23)7-3)18-15-11-12-16-19(18)29-4/h8-16,20H,5-7H2,1-4H3/t20-/m0/s1. The van der Waals surface area contributed by atoms with Gasteiger partial charge >= 0.3 is 0 Å². The molecule has 0 saturated carbocycles. The third-order valence-corrected chi connectivity index (χ3v) is 6.23. The van der Waals surface area contributed by atoms with Gasteiger partial charge in [0.15, 0.2) is 11.0 Å². The summed E-state index contributed by atoms with van der Waals surface area (Å²) >= 11 is 1.45. The van der Waals surface area contributed by atoms with E-state index in [1.807, 2.05) is 77.9 Å². The molecule has 0 saturated heterocycles. The number of hydrogen-bond acceptors (Lipinski definition) is 5. The van der Waals surface area contributed by atoms with Gasteiger partial charge in [0, 0.05) is 19.6 Å². The zero-order chi connectivity index (χ0) is 21.5. The van der Waals surface area contributed by atoms with Crippen LogP contribution < -0.4 is 4.74 Å². The minimum atomic E-state index is -0.383. The van der Waals surface area contributed by atoms with Gasteiger partial charge in [-0.05, 0) is 38.5 Å². The van der Waals surface area contributed by atoms with Crippen molar-refractivity contribution in [3.05, 3.63) is 60.2 Å². The predicted molar refractivity (Wildman–Crippen MR) is 121 cm³/mol. The number of carbonyl (C=O) groups is 1. The number of aromatic nitrogens is 3. The summed E-state index contributed by atoms with van der Waals surface area (Å²) in [6.07, 6.45) is 0. The highest BCUT2D eigenvalue weighted by Crippen LogP contribution is 2.38. The topological polar surface area (TPSA) is 60.3 Å². The fourth-order valence-electron chi connectivity index (χ4n) is 3.38. The average molecular weight is 425 g/mol. The molecule has 0 aliphatic carbocycles. The number of hydrogen-bond donors (Lipinski definition) is 0. The highest BCUT2D eigenvalue weighted by molar-refractivity contribution is 8.00. The molecule has 158 valence electrons. The highest BCUT2D eigenvalue weighted by Gasteiger charge is 2.28. The number of ether oxygens (including phenoxy) is 1. The monoisotopic (exact) mass is 424 g/mol. The molecule has 0 radical (unpaired) electrons. The molecule has 0 aliphatic rings. The number of para-hydroxylation sites is 1. The normalized spacial score (nSPS) is 11.9. The van der Waals surface area contributed by atoms with Crippen molar-refractivity contribution in [1.29, 1.82) is 0 Å². The van der Waals surface area contributed by atoms with Crippen LogP contribution in [0.5, 0.6) is 5.75 Å². The fourth-order valence-corrected chi connectivity index (χ4v) is 4.57. The van der Waals surface area contributed by atoms with E-state index in [-0.39, 0.29) is 11.2 Å². The maximum absolute atomic E-state index is 13.3. The molecule has 1 atom stereocenters. The Morgan fingerprint density at radius 2 is 1.70 bits per heavy atom. The maximum Gasteiger partial charge on any atom is 0.240 e. The predicted octanol–water partition coefficient (Wildman–Crippen LogP) is 4.68. The van der Waals surface area contributed by atoms with Gasteiger partial charge in [-0.1, -0.05) is 54.2 Å². The van der Waals surface area contributed by atoms with Crippen molar-refractivity contribution in [3.63, 3.8) is 0 Å². The van der Waals surface area contributed by atoms with Crippen LogP contribution in [0.2, 0.25) is 0 Å². The molecule has 2 aromatic carbocycles. The summed E-state index contributed by atoms with van der Waals surface area (Å²) < 4.78 is 7.54. The van der Waals surface area contributed by atoms with E-state index in [9.17, 15) is 4.79 Å². The van der Waals surface area contributed by atoms with Crippen LogP contribution in [0.4, 0.5) is 0 Å². The Balaban J connectivity index is 2.01. The Kier molecular flexibility index (Phi) is 7.52. The Labute approximate surface area is 182 Å². The van der Waals surface area contributed by atoms with E-state index >= 15 is 0 Å². The van der Waals surface area contributed by atoms with Gasteiger partial charge in [-0.25, -0.2) is 0 Å². The van der Waals surface area contributed by atoms with Gasteiger partial charge in [0.05, 0.1) is 12.7 Å². The molecule has 30 heavy (non-hydrogen) atoms. The molecule has 0 spiro atoms. The largest absolute Gasteiger partial charge is 0.496 e. The molecule has 1 aromatic heterocycles. The average Bonchev–Trinajstić information content (AvgIpc) is 3.21. The molecule has 0 fully saturated rings. The number of thioether (sulfide) groups is 1. The SMILES string of the molecule is CCN(CC)C(=O)[C@@H](Sc1nnc(-c2ccccc2OC)n1CC)c1ccccc1. The third kappa shape index (κ3) is 4.51. The lowest BCUT2D eigenvalue weighted by Gasteiger charge is -2.25. The molecule has 3 rings (SSSR count). The lowest BCUT2D eigenvalue weighted by atomic mass is 10.1. The minimum Gasteiger partial charge on any atom is -0.496 e. The quantitative estimate of drug-likeness (QED) is 0.467. The van der Waals surface area contributed by atoms with Gasteiger partial charge in [-0.2, -0.15) is 0 Å². The molecule has 6 nitrogen and oxygen atoms in total. The molecule has 7 heteroatoms. The fraction of sp³-hybridized carbons (Fsp3) is 0.348. The number of methoxy groups -OCH3 is 1. The van der Waals surface area contributed by atoms with Crippen molar-refractivity contribution < 1.29 is 9.53 Å². The van der Waals surface area contributed by atoms with Crippen LogP contribution in [0, 0.1) is 0 Å². The molecule has 1 amide bonds. The van der Waals surface area contributed by atoms with Gasteiger partial charge in [0.1, 0.15) is 11.0 Å². The van der Waals surface area contributed by atoms with Gasteiger partial charge in [-0.15, -0.1) is 10.2 Å². The number of rotatable bonds is 9. The summed E-state index contributed by atoms with van der Waals surface area (Å²) in [5.41, 5.74) is 1.84. The number of amides is 1. The van der Waals surface area contributed by atoms with E-state index in [0.717, 1.165) is 22.7 Å². The van der Waals surface area contributed by atoms with Gasteiger partial charge in [0.25, 0.3) is 0 Å². The third-order valence-electron chi connectivity index (χ3n) is 5.01. The second-order valence-corrected chi connectivity index (χ2v) is 7.74. The first kappa shape index (κ1) is 21.9. The molecule has 0 unspecified atom stereocenters. The van der Waals surface area contributed by atoms with E-state index in [1.165, 1.54) is 11.8 Å². The number of nitrogens with zero attached hydrogens (tertiary/aromatic N) is 4.